The van der Waals surface area contributed by atoms with Crippen molar-refractivity contribution in [2.45, 2.75) is 26.2 Å². The molecule has 0 spiro atoms. The Balaban J connectivity index is 0.000000370. The predicted octanol–water partition coefficient (Wildman–Crippen LogP) is 3.71. The number of alkyl halides is 3. The van der Waals surface area contributed by atoms with Gasteiger partial charge in [-0.15, -0.1) is 0 Å². The van der Waals surface area contributed by atoms with Crippen LogP contribution in [0, 0.1) is 6.92 Å². The minimum atomic E-state index is -5.08. The Hall–Kier alpha value is -3.27. The summed E-state index contributed by atoms with van der Waals surface area (Å²) in [6.45, 7) is 3.37. The summed E-state index contributed by atoms with van der Waals surface area (Å²) in [5.74, 6) is -1.51. The summed E-state index contributed by atoms with van der Waals surface area (Å²) in [6, 6.07) is 13.9. The van der Waals surface area contributed by atoms with Gasteiger partial charge in [-0.2, -0.15) is 18.2 Å². The minimum Gasteiger partial charge on any atom is -0.475 e. The van der Waals surface area contributed by atoms with Crippen LogP contribution in [-0.4, -0.2) is 44.3 Å². The maximum atomic E-state index is 10.6. The van der Waals surface area contributed by atoms with Crippen LogP contribution in [-0.2, 0) is 17.9 Å². The first kappa shape index (κ1) is 22.0. The number of carboxylic acid groups (broad SMARTS) is 1. The topological polar surface area (TPSA) is 92.4 Å². The van der Waals surface area contributed by atoms with Gasteiger partial charge in [-0.1, -0.05) is 35.5 Å². The maximum absolute atomic E-state index is 10.6. The number of aryl methyl sites for hydroxylation is 1. The van der Waals surface area contributed by atoms with E-state index < -0.39 is 12.1 Å². The molecule has 29 heavy (non-hydrogen) atoms. The molecule has 0 radical (unpaired) electrons. The van der Waals surface area contributed by atoms with Gasteiger partial charge in [0.05, 0.1) is 12.2 Å². The third-order valence-corrected chi connectivity index (χ3v) is 3.66. The van der Waals surface area contributed by atoms with Crippen molar-refractivity contribution in [2.75, 3.05) is 7.05 Å². The van der Waals surface area contributed by atoms with E-state index in [-0.39, 0.29) is 0 Å². The number of aromatic nitrogens is 3. The summed E-state index contributed by atoms with van der Waals surface area (Å²) in [5.41, 5.74) is 3.16. The summed E-state index contributed by atoms with van der Waals surface area (Å²) in [6.07, 6.45) is -3.29. The maximum Gasteiger partial charge on any atom is 0.490 e. The Morgan fingerprint density at radius 1 is 1.14 bits per heavy atom. The lowest BCUT2D eigenvalue weighted by molar-refractivity contribution is -0.192. The van der Waals surface area contributed by atoms with Crippen molar-refractivity contribution in [3.05, 3.63) is 65.8 Å². The van der Waals surface area contributed by atoms with Crippen molar-refractivity contribution in [1.82, 2.24) is 20.0 Å². The van der Waals surface area contributed by atoms with E-state index in [4.69, 9.17) is 14.4 Å². The molecule has 0 fully saturated rings. The van der Waals surface area contributed by atoms with E-state index in [1.807, 2.05) is 56.4 Å². The number of halogens is 3. The van der Waals surface area contributed by atoms with Crippen LogP contribution in [0.2, 0.25) is 0 Å². The zero-order valence-corrected chi connectivity index (χ0v) is 15.7. The average molecular weight is 408 g/mol. The van der Waals surface area contributed by atoms with Crippen molar-refractivity contribution in [2.24, 2.45) is 0 Å². The van der Waals surface area contributed by atoms with Gasteiger partial charge >= 0.3 is 12.1 Å². The molecule has 0 bridgehead atoms. The zero-order chi connectivity index (χ0) is 21.4. The molecule has 10 heteroatoms. The lowest BCUT2D eigenvalue weighted by atomic mass is 10.1. The van der Waals surface area contributed by atoms with Gasteiger partial charge < -0.3 is 9.63 Å². The first-order valence-electron chi connectivity index (χ1n) is 8.44. The molecule has 1 N–H and O–H groups in total. The van der Waals surface area contributed by atoms with Crippen molar-refractivity contribution >= 4 is 5.97 Å². The van der Waals surface area contributed by atoms with Gasteiger partial charge in [-0.25, -0.2) is 4.79 Å². The molecule has 3 rings (SSSR count). The van der Waals surface area contributed by atoms with E-state index in [9.17, 15) is 13.2 Å². The van der Waals surface area contributed by atoms with Crippen LogP contribution >= 0.6 is 0 Å². The Morgan fingerprint density at radius 3 is 2.38 bits per heavy atom. The SMILES string of the molecule is Cc1ccccc1-c1noc(CN(C)Cc2ccccn2)n1.O=C(O)C(F)(F)F. The number of nitrogens with zero attached hydrogens (tertiary/aromatic N) is 4. The second-order valence-electron chi connectivity index (χ2n) is 6.12. The molecule has 3 aromatic rings. The van der Waals surface area contributed by atoms with E-state index in [0.717, 1.165) is 23.4 Å². The second-order valence-corrected chi connectivity index (χ2v) is 6.12. The monoisotopic (exact) mass is 408 g/mol. The average Bonchev–Trinajstić information content (AvgIpc) is 3.10. The van der Waals surface area contributed by atoms with Crippen LogP contribution in [0.15, 0.2) is 53.2 Å². The van der Waals surface area contributed by atoms with E-state index in [0.29, 0.717) is 18.3 Å². The number of carbonyl (C=O) groups is 1. The Morgan fingerprint density at radius 2 is 1.79 bits per heavy atom. The van der Waals surface area contributed by atoms with Crippen molar-refractivity contribution < 1.29 is 27.6 Å². The largest absolute Gasteiger partial charge is 0.490 e. The summed E-state index contributed by atoms with van der Waals surface area (Å²) >= 11 is 0. The molecule has 0 amide bonds. The van der Waals surface area contributed by atoms with E-state index >= 15 is 0 Å². The molecule has 0 aliphatic rings. The number of hydrogen-bond acceptors (Lipinski definition) is 6. The Kier molecular flexibility index (Phi) is 7.43. The molecule has 7 nitrogen and oxygen atoms in total. The number of carboxylic acids is 1. The second kappa shape index (κ2) is 9.78. The van der Waals surface area contributed by atoms with Crippen LogP contribution < -0.4 is 0 Å². The standard InChI is InChI=1S/C17H18N4O.C2HF3O2/c1-13-7-3-4-9-15(13)17-19-16(22-20-17)12-21(2)11-14-8-5-6-10-18-14;3-2(4,5)1(6)7/h3-10H,11-12H2,1-2H3;(H,6,7). The highest BCUT2D eigenvalue weighted by molar-refractivity contribution is 5.73. The highest BCUT2D eigenvalue weighted by atomic mass is 19.4. The van der Waals surface area contributed by atoms with Gasteiger partial charge in [-0.05, 0) is 31.7 Å². The summed E-state index contributed by atoms with van der Waals surface area (Å²) in [7, 11) is 2.01. The number of aliphatic carboxylic acids is 1. The number of pyridine rings is 1. The molecular weight excluding hydrogens is 389 g/mol. The predicted molar refractivity (Wildman–Crippen MR) is 97.6 cm³/mol. The smallest absolute Gasteiger partial charge is 0.475 e. The van der Waals surface area contributed by atoms with Crippen LogP contribution in [0.3, 0.4) is 0 Å². The number of benzene rings is 1. The van der Waals surface area contributed by atoms with E-state index in [2.05, 4.69) is 20.0 Å². The molecule has 0 saturated carbocycles. The van der Waals surface area contributed by atoms with Gasteiger partial charge in [0, 0.05) is 18.3 Å². The normalized spacial score (nSPS) is 11.1. The zero-order valence-electron chi connectivity index (χ0n) is 15.7. The third kappa shape index (κ3) is 7.00. The van der Waals surface area contributed by atoms with Crippen LogP contribution in [0.25, 0.3) is 11.4 Å². The fourth-order valence-electron chi connectivity index (χ4n) is 2.31. The first-order chi connectivity index (χ1) is 13.7. The molecule has 1 aromatic carbocycles. The van der Waals surface area contributed by atoms with Gasteiger partial charge in [0.25, 0.3) is 0 Å². The molecular formula is C19H19F3N4O3. The molecule has 0 unspecified atom stereocenters. The van der Waals surface area contributed by atoms with E-state index in [1.54, 1.807) is 6.20 Å². The molecule has 0 saturated heterocycles. The summed E-state index contributed by atoms with van der Waals surface area (Å²) in [4.78, 5) is 19.8. The molecule has 0 aliphatic heterocycles. The fourth-order valence-corrected chi connectivity index (χ4v) is 2.31. The van der Waals surface area contributed by atoms with Crippen LogP contribution in [0.5, 0.6) is 0 Å². The van der Waals surface area contributed by atoms with Crippen molar-refractivity contribution in [3.8, 4) is 11.4 Å². The highest BCUT2D eigenvalue weighted by Gasteiger charge is 2.38. The third-order valence-electron chi connectivity index (χ3n) is 3.66. The first-order valence-corrected chi connectivity index (χ1v) is 8.44. The number of rotatable bonds is 5. The highest BCUT2D eigenvalue weighted by Crippen LogP contribution is 2.20. The molecule has 0 aliphatic carbocycles. The molecule has 0 atom stereocenters. The van der Waals surface area contributed by atoms with Crippen LogP contribution in [0.4, 0.5) is 13.2 Å². The molecule has 2 heterocycles. The van der Waals surface area contributed by atoms with Crippen molar-refractivity contribution in [1.29, 1.82) is 0 Å². The summed E-state index contributed by atoms with van der Waals surface area (Å²) in [5, 5.41) is 11.2. The lowest BCUT2D eigenvalue weighted by Gasteiger charge is -2.12. The summed E-state index contributed by atoms with van der Waals surface area (Å²) < 4.78 is 37.1. The molecule has 154 valence electrons. The fraction of sp³-hybridized carbons (Fsp3) is 0.263. The van der Waals surface area contributed by atoms with Gasteiger partial charge in [0.1, 0.15) is 0 Å². The molecule has 2 aromatic heterocycles. The Labute approximate surface area is 164 Å². The Bertz CT molecular complexity index is 930. The minimum absolute atomic E-state index is 0.593. The van der Waals surface area contributed by atoms with Gasteiger partial charge in [0.2, 0.25) is 11.7 Å². The lowest BCUT2D eigenvalue weighted by Crippen LogP contribution is -2.21. The van der Waals surface area contributed by atoms with Crippen molar-refractivity contribution in [3.63, 3.8) is 0 Å². The van der Waals surface area contributed by atoms with Gasteiger partial charge in [0.15, 0.2) is 0 Å². The number of hydrogen-bond donors (Lipinski definition) is 1. The quantitative estimate of drug-likeness (QED) is 0.688. The van der Waals surface area contributed by atoms with E-state index in [1.165, 1.54) is 0 Å². The van der Waals surface area contributed by atoms with Gasteiger partial charge in [-0.3, -0.25) is 9.88 Å². The van der Waals surface area contributed by atoms with Crippen LogP contribution in [0.1, 0.15) is 17.1 Å².